The predicted octanol–water partition coefficient (Wildman–Crippen LogP) is 2.92. The number of amides is 1. The first-order chi connectivity index (χ1) is 7.22. The average molecular weight is 239 g/mol. The lowest BCUT2D eigenvalue weighted by Crippen LogP contribution is -2.33. The zero-order valence-electron chi connectivity index (χ0n) is 8.56. The van der Waals surface area contributed by atoms with E-state index in [1.807, 2.05) is 17.0 Å². The van der Waals surface area contributed by atoms with E-state index in [2.05, 4.69) is 17.7 Å². The zero-order valence-corrected chi connectivity index (χ0v) is 10.3. The van der Waals surface area contributed by atoms with E-state index in [1.165, 1.54) is 16.4 Å². The number of rotatable bonds is 1. The minimum atomic E-state index is 0.127. The van der Waals surface area contributed by atoms with Crippen molar-refractivity contribution in [3.05, 3.63) is 23.8 Å². The quantitative estimate of drug-likeness (QED) is 0.600. The van der Waals surface area contributed by atoms with Gasteiger partial charge >= 0.3 is 0 Å². The highest BCUT2D eigenvalue weighted by Crippen LogP contribution is 2.32. The summed E-state index contributed by atoms with van der Waals surface area (Å²) >= 11 is 4.18. The highest BCUT2D eigenvalue weighted by atomic mass is 33.1. The van der Waals surface area contributed by atoms with Gasteiger partial charge in [0.05, 0.1) is 0 Å². The van der Waals surface area contributed by atoms with E-state index in [9.17, 15) is 4.79 Å². The molecule has 0 spiro atoms. The Hall–Kier alpha value is -0.610. The van der Waals surface area contributed by atoms with Crippen LogP contribution in [0.25, 0.3) is 0 Å². The van der Waals surface area contributed by atoms with Gasteiger partial charge in [-0.2, -0.15) is 0 Å². The summed E-state index contributed by atoms with van der Waals surface area (Å²) in [5.41, 5.74) is 2.33. The molecule has 0 aromatic heterocycles. The van der Waals surface area contributed by atoms with Crippen molar-refractivity contribution in [3.63, 3.8) is 0 Å². The molecule has 0 N–H and O–H groups in total. The van der Waals surface area contributed by atoms with Gasteiger partial charge in [0.1, 0.15) is 0 Å². The van der Waals surface area contributed by atoms with Gasteiger partial charge in [-0.1, -0.05) is 10.8 Å². The van der Waals surface area contributed by atoms with Crippen LogP contribution in [0.4, 0.5) is 5.69 Å². The molecule has 1 aromatic rings. The Morgan fingerprint density at radius 3 is 3.00 bits per heavy atom. The number of hydrogen-bond acceptors (Lipinski definition) is 3. The molecule has 0 radical (unpaired) electrons. The van der Waals surface area contributed by atoms with Crippen LogP contribution in [0.3, 0.4) is 0 Å². The number of thiol groups is 1. The third-order valence-corrected chi connectivity index (χ3v) is 3.75. The molecular weight excluding hydrogens is 226 g/mol. The van der Waals surface area contributed by atoms with Gasteiger partial charge in [-0.3, -0.25) is 4.79 Å². The van der Waals surface area contributed by atoms with Crippen LogP contribution in [0.15, 0.2) is 23.1 Å². The van der Waals surface area contributed by atoms with E-state index in [0.29, 0.717) is 0 Å². The van der Waals surface area contributed by atoms with Crippen LogP contribution in [0, 0.1) is 0 Å². The van der Waals surface area contributed by atoms with Crippen molar-refractivity contribution in [3.8, 4) is 0 Å². The Kier molecular flexibility index (Phi) is 3.26. The van der Waals surface area contributed by atoms with Gasteiger partial charge in [-0.05, 0) is 36.6 Å². The van der Waals surface area contributed by atoms with Gasteiger partial charge in [0.25, 0.3) is 0 Å². The summed E-state index contributed by atoms with van der Waals surface area (Å²) in [5.74, 6) is 0.127. The molecule has 0 bridgehead atoms. The van der Waals surface area contributed by atoms with E-state index in [4.69, 9.17) is 0 Å². The summed E-state index contributed by atoms with van der Waals surface area (Å²) < 4.78 is 0. The lowest BCUT2D eigenvalue weighted by atomic mass is 10.0. The Morgan fingerprint density at radius 2 is 2.33 bits per heavy atom. The fourth-order valence-electron chi connectivity index (χ4n) is 1.96. The normalized spacial score (nSPS) is 14.9. The molecule has 0 fully saturated rings. The summed E-state index contributed by atoms with van der Waals surface area (Å²) in [7, 11) is 1.44. The number of benzene rings is 1. The van der Waals surface area contributed by atoms with Crippen LogP contribution >= 0.6 is 22.5 Å². The molecule has 1 aliphatic heterocycles. The second kappa shape index (κ2) is 4.49. The summed E-state index contributed by atoms with van der Waals surface area (Å²) in [6, 6.07) is 6.16. The van der Waals surface area contributed by atoms with Crippen molar-refractivity contribution in [2.75, 3.05) is 11.4 Å². The molecule has 1 aromatic carbocycles. The van der Waals surface area contributed by atoms with Crippen LogP contribution in [-0.4, -0.2) is 12.5 Å². The van der Waals surface area contributed by atoms with Gasteiger partial charge in [0.2, 0.25) is 5.91 Å². The average Bonchev–Trinajstić information content (AvgIpc) is 2.27. The molecule has 15 heavy (non-hydrogen) atoms. The van der Waals surface area contributed by atoms with Crippen molar-refractivity contribution < 1.29 is 4.79 Å². The molecule has 1 amide bonds. The van der Waals surface area contributed by atoms with Crippen LogP contribution < -0.4 is 4.90 Å². The highest BCUT2D eigenvalue weighted by molar-refractivity contribution is 8.68. The maximum atomic E-state index is 11.4. The van der Waals surface area contributed by atoms with E-state index in [1.54, 1.807) is 6.92 Å². The number of hydrogen-bond donors (Lipinski definition) is 1. The second-order valence-corrected chi connectivity index (χ2v) is 4.86. The van der Waals surface area contributed by atoms with E-state index < -0.39 is 0 Å². The van der Waals surface area contributed by atoms with Crippen molar-refractivity contribution in [1.82, 2.24) is 0 Å². The monoisotopic (exact) mass is 239 g/mol. The standard InChI is InChI=1S/C11H13NOS2/c1-8(13)12-6-2-3-9-7-10(15-14)4-5-11(9)12/h4-5,7,14H,2-3,6H2,1H3. The molecule has 2 nitrogen and oxygen atoms in total. The fourth-order valence-corrected chi connectivity index (χ4v) is 2.62. The Bertz CT molecular complexity index is 392. The number of nitrogens with zero attached hydrogens (tertiary/aromatic N) is 1. The molecule has 0 saturated carbocycles. The molecule has 0 saturated heterocycles. The van der Waals surface area contributed by atoms with Crippen LogP contribution in [0.2, 0.25) is 0 Å². The largest absolute Gasteiger partial charge is 0.312 e. The zero-order chi connectivity index (χ0) is 10.8. The molecule has 1 heterocycles. The number of anilines is 1. The first kappa shape index (κ1) is 10.9. The Morgan fingerprint density at radius 1 is 1.53 bits per heavy atom. The van der Waals surface area contributed by atoms with E-state index in [0.717, 1.165) is 30.0 Å². The van der Waals surface area contributed by atoms with Gasteiger partial charge in [-0.15, -0.1) is 11.7 Å². The molecule has 2 rings (SSSR count). The number of aryl methyl sites for hydroxylation is 1. The van der Waals surface area contributed by atoms with Gasteiger partial charge in [-0.25, -0.2) is 0 Å². The van der Waals surface area contributed by atoms with Crippen LogP contribution in [0.5, 0.6) is 0 Å². The summed E-state index contributed by atoms with van der Waals surface area (Å²) in [4.78, 5) is 14.4. The maximum Gasteiger partial charge on any atom is 0.223 e. The Labute approximate surface area is 98.8 Å². The lowest BCUT2D eigenvalue weighted by Gasteiger charge is -2.28. The van der Waals surface area contributed by atoms with Crippen LogP contribution in [0.1, 0.15) is 18.9 Å². The highest BCUT2D eigenvalue weighted by Gasteiger charge is 2.19. The van der Waals surface area contributed by atoms with Crippen LogP contribution in [-0.2, 0) is 11.2 Å². The minimum absolute atomic E-state index is 0.127. The molecule has 0 unspecified atom stereocenters. The smallest absolute Gasteiger partial charge is 0.223 e. The van der Waals surface area contributed by atoms with Gasteiger partial charge < -0.3 is 4.90 Å². The summed E-state index contributed by atoms with van der Waals surface area (Å²) in [6.07, 6.45) is 2.11. The maximum absolute atomic E-state index is 11.4. The Balaban J connectivity index is 2.40. The number of carbonyl (C=O) groups is 1. The lowest BCUT2D eigenvalue weighted by molar-refractivity contribution is -0.116. The molecule has 4 heteroatoms. The minimum Gasteiger partial charge on any atom is -0.312 e. The van der Waals surface area contributed by atoms with Crippen molar-refractivity contribution in [1.29, 1.82) is 0 Å². The van der Waals surface area contributed by atoms with Crippen molar-refractivity contribution in [2.24, 2.45) is 0 Å². The topological polar surface area (TPSA) is 20.3 Å². The fraction of sp³-hybridized carbons (Fsp3) is 0.364. The SMILES string of the molecule is CC(=O)N1CCCc2cc(SS)ccc21. The van der Waals surface area contributed by atoms with Crippen molar-refractivity contribution >= 4 is 34.0 Å². The van der Waals surface area contributed by atoms with E-state index in [-0.39, 0.29) is 5.91 Å². The number of fused-ring (bicyclic) bond motifs is 1. The second-order valence-electron chi connectivity index (χ2n) is 3.66. The van der Waals surface area contributed by atoms with Gasteiger partial charge in [0, 0.05) is 24.1 Å². The third-order valence-electron chi connectivity index (χ3n) is 2.66. The molecular formula is C11H13NOS2. The molecule has 1 aliphatic rings. The van der Waals surface area contributed by atoms with Gasteiger partial charge in [0.15, 0.2) is 0 Å². The van der Waals surface area contributed by atoms with Crippen molar-refractivity contribution in [2.45, 2.75) is 24.7 Å². The molecule has 0 atom stereocenters. The molecule has 0 aliphatic carbocycles. The first-order valence-electron chi connectivity index (χ1n) is 4.95. The first-order valence-corrected chi connectivity index (χ1v) is 6.81. The summed E-state index contributed by atoms with van der Waals surface area (Å²) in [6.45, 7) is 2.46. The number of carbonyl (C=O) groups excluding carboxylic acids is 1. The predicted molar refractivity (Wildman–Crippen MR) is 67.6 cm³/mol. The summed E-state index contributed by atoms with van der Waals surface area (Å²) in [5, 5.41) is 0. The molecule has 80 valence electrons. The van der Waals surface area contributed by atoms with E-state index >= 15 is 0 Å². The third kappa shape index (κ3) is 2.16.